The Morgan fingerprint density at radius 1 is 1.39 bits per heavy atom. The number of nitrogens with zero attached hydrogens (tertiary/aromatic N) is 3. The van der Waals surface area contributed by atoms with Crippen LogP contribution < -0.4 is 9.46 Å². The molecular weight excluding hydrogens is 336 g/mol. The highest BCUT2D eigenvalue weighted by Gasteiger charge is 2.18. The molecule has 0 aliphatic rings. The first-order valence-electron chi connectivity index (χ1n) is 6.53. The number of hydrogen-bond acceptors (Lipinski definition) is 8. The molecule has 1 N–H and O–H groups in total. The minimum atomic E-state index is -0.293. The highest BCUT2D eigenvalue weighted by molar-refractivity contribution is 7.95. The third-order valence-corrected chi connectivity index (χ3v) is 3.70. The fraction of sp³-hybridized carbons (Fsp3) is 0.214. The van der Waals surface area contributed by atoms with Crippen LogP contribution in [-0.4, -0.2) is 40.8 Å². The standard InChI is InChI=1S/C14H16N4O3S2/c1-18(2)23-17-13(19)11(8-20-3)10-6-4-5-7-12(10)21-14-15-9-16-22-14/h4-9H,1-3H3,(H,17,19)/b11-8+. The second-order valence-corrected chi connectivity index (χ2v) is 6.27. The molecule has 2 rings (SSSR count). The number of methoxy groups -OCH3 is 1. The number of hydrogen-bond donors (Lipinski definition) is 1. The monoisotopic (exact) mass is 352 g/mol. The molecule has 0 saturated carbocycles. The molecule has 0 atom stereocenters. The van der Waals surface area contributed by atoms with E-state index in [4.69, 9.17) is 9.47 Å². The van der Waals surface area contributed by atoms with E-state index in [1.54, 1.807) is 16.4 Å². The molecule has 9 heteroatoms. The van der Waals surface area contributed by atoms with Gasteiger partial charge in [0.05, 0.1) is 18.9 Å². The maximum absolute atomic E-state index is 12.4. The summed E-state index contributed by atoms with van der Waals surface area (Å²) >= 11 is 2.30. The summed E-state index contributed by atoms with van der Waals surface area (Å²) < 4.78 is 19.1. The van der Waals surface area contributed by atoms with Crippen molar-refractivity contribution in [3.05, 3.63) is 42.4 Å². The summed E-state index contributed by atoms with van der Waals surface area (Å²) in [6.07, 6.45) is 2.79. The van der Waals surface area contributed by atoms with Crippen LogP contribution in [0, 0.1) is 0 Å². The van der Waals surface area contributed by atoms with Crippen LogP contribution in [0.2, 0.25) is 0 Å². The van der Waals surface area contributed by atoms with Crippen LogP contribution in [0.15, 0.2) is 36.9 Å². The number of aromatic nitrogens is 2. The number of carbonyl (C=O) groups excluding carboxylic acids is 1. The Hall–Kier alpha value is -2.10. The van der Waals surface area contributed by atoms with Gasteiger partial charge in [0.25, 0.3) is 11.1 Å². The van der Waals surface area contributed by atoms with Crippen molar-refractivity contribution < 1.29 is 14.3 Å². The number of nitrogens with one attached hydrogen (secondary N) is 1. The van der Waals surface area contributed by atoms with Gasteiger partial charge in [-0.2, -0.15) is 9.36 Å². The summed E-state index contributed by atoms with van der Waals surface area (Å²) in [5.74, 6) is 0.205. The molecule has 1 heterocycles. The Bertz CT molecular complexity index is 674. The first-order chi connectivity index (χ1) is 11.1. The average molecular weight is 352 g/mol. The number of para-hydroxylation sites is 1. The average Bonchev–Trinajstić information content (AvgIpc) is 3.04. The molecule has 0 fully saturated rings. The maximum atomic E-state index is 12.4. The van der Waals surface area contributed by atoms with E-state index in [0.717, 1.165) is 11.5 Å². The maximum Gasteiger partial charge on any atom is 0.298 e. The predicted molar refractivity (Wildman–Crippen MR) is 90.8 cm³/mol. The summed E-state index contributed by atoms with van der Waals surface area (Å²) in [6.45, 7) is 0. The Morgan fingerprint density at radius 2 is 2.17 bits per heavy atom. The van der Waals surface area contributed by atoms with Gasteiger partial charge in [0.2, 0.25) is 0 Å². The molecule has 2 aromatic rings. The zero-order valence-electron chi connectivity index (χ0n) is 12.8. The Balaban J connectivity index is 2.28. The lowest BCUT2D eigenvalue weighted by Gasteiger charge is -2.13. The molecule has 1 aromatic carbocycles. The molecule has 7 nitrogen and oxygen atoms in total. The van der Waals surface area contributed by atoms with Gasteiger partial charge in [0.1, 0.15) is 12.1 Å². The molecular formula is C14H16N4O3S2. The van der Waals surface area contributed by atoms with Crippen LogP contribution >= 0.6 is 23.7 Å². The summed E-state index contributed by atoms with van der Waals surface area (Å²) in [5.41, 5.74) is 0.948. The molecule has 0 spiro atoms. The van der Waals surface area contributed by atoms with Gasteiger partial charge in [0.15, 0.2) is 0 Å². The van der Waals surface area contributed by atoms with Crippen molar-refractivity contribution in [3.63, 3.8) is 0 Å². The first kappa shape index (κ1) is 17.3. The van der Waals surface area contributed by atoms with E-state index in [9.17, 15) is 4.79 Å². The second-order valence-electron chi connectivity index (χ2n) is 4.41. The Morgan fingerprint density at radius 3 is 2.83 bits per heavy atom. The lowest BCUT2D eigenvalue weighted by molar-refractivity contribution is -0.114. The quantitative estimate of drug-likeness (QED) is 0.466. The molecule has 0 aliphatic heterocycles. The number of carbonyl (C=O) groups is 1. The fourth-order valence-electron chi connectivity index (χ4n) is 1.63. The molecule has 0 unspecified atom stereocenters. The molecule has 0 aliphatic carbocycles. The summed E-state index contributed by atoms with van der Waals surface area (Å²) in [4.78, 5) is 16.4. The van der Waals surface area contributed by atoms with Crippen LogP contribution in [0.4, 0.5) is 0 Å². The molecule has 1 amide bonds. The smallest absolute Gasteiger partial charge is 0.298 e. The van der Waals surface area contributed by atoms with Crippen LogP contribution in [0.1, 0.15) is 5.56 Å². The number of ether oxygens (including phenoxy) is 2. The van der Waals surface area contributed by atoms with Gasteiger partial charge in [-0.1, -0.05) is 18.2 Å². The van der Waals surface area contributed by atoms with Crippen molar-refractivity contribution in [3.8, 4) is 10.9 Å². The van der Waals surface area contributed by atoms with E-state index in [2.05, 4.69) is 14.1 Å². The van der Waals surface area contributed by atoms with E-state index < -0.39 is 0 Å². The number of amides is 1. The van der Waals surface area contributed by atoms with E-state index in [1.807, 2.05) is 26.2 Å². The van der Waals surface area contributed by atoms with E-state index in [-0.39, 0.29) is 5.91 Å². The number of rotatable bonds is 7. The van der Waals surface area contributed by atoms with Gasteiger partial charge in [-0.25, -0.2) is 4.31 Å². The SMILES string of the molecule is CO/C=C(/C(=O)NSN(C)C)c1ccccc1Oc1ncns1. The molecule has 0 radical (unpaired) electrons. The van der Waals surface area contributed by atoms with Crippen molar-refractivity contribution in [2.45, 2.75) is 0 Å². The van der Waals surface area contributed by atoms with Crippen molar-refractivity contribution >= 4 is 35.1 Å². The van der Waals surface area contributed by atoms with Crippen molar-refractivity contribution in [2.24, 2.45) is 0 Å². The highest BCUT2D eigenvalue weighted by Crippen LogP contribution is 2.31. The largest absolute Gasteiger partial charge is 0.504 e. The lowest BCUT2D eigenvalue weighted by atomic mass is 10.1. The normalized spacial score (nSPS) is 11.4. The summed E-state index contributed by atoms with van der Waals surface area (Å²) in [7, 11) is 5.15. The van der Waals surface area contributed by atoms with Crippen LogP contribution in [-0.2, 0) is 9.53 Å². The predicted octanol–water partition coefficient (Wildman–Crippen LogP) is 2.56. The minimum Gasteiger partial charge on any atom is -0.504 e. The topological polar surface area (TPSA) is 76.6 Å². The lowest BCUT2D eigenvalue weighted by Crippen LogP contribution is -2.22. The van der Waals surface area contributed by atoms with Crippen molar-refractivity contribution in [2.75, 3.05) is 21.2 Å². The fourth-order valence-corrected chi connectivity index (χ4v) is 2.41. The van der Waals surface area contributed by atoms with Gasteiger partial charge >= 0.3 is 0 Å². The van der Waals surface area contributed by atoms with E-state index >= 15 is 0 Å². The third-order valence-electron chi connectivity index (χ3n) is 2.52. The van der Waals surface area contributed by atoms with Gasteiger partial charge in [-0.05, 0) is 20.2 Å². The molecule has 23 heavy (non-hydrogen) atoms. The van der Waals surface area contributed by atoms with Crippen LogP contribution in [0.25, 0.3) is 5.57 Å². The van der Waals surface area contributed by atoms with Gasteiger partial charge < -0.3 is 9.47 Å². The van der Waals surface area contributed by atoms with E-state index in [0.29, 0.717) is 22.1 Å². The number of benzene rings is 1. The van der Waals surface area contributed by atoms with Crippen LogP contribution in [0.5, 0.6) is 10.9 Å². The van der Waals surface area contributed by atoms with Crippen LogP contribution in [0.3, 0.4) is 0 Å². The summed E-state index contributed by atoms with van der Waals surface area (Å²) in [5, 5.41) is 0.400. The minimum absolute atomic E-state index is 0.293. The Kier molecular flexibility index (Phi) is 6.39. The highest BCUT2D eigenvalue weighted by atomic mass is 32.2. The van der Waals surface area contributed by atoms with E-state index in [1.165, 1.54) is 31.8 Å². The first-order valence-corrected chi connectivity index (χ1v) is 8.08. The molecule has 0 saturated heterocycles. The van der Waals surface area contributed by atoms with Gasteiger partial charge in [0, 0.05) is 29.2 Å². The third kappa shape index (κ3) is 4.95. The second kappa shape index (κ2) is 8.51. The van der Waals surface area contributed by atoms with Crippen molar-refractivity contribution in [1.29, 1.82) is 0 Å². The molecule has 0 bridgehead atoms. The van der Waals surface area contributed by atoms with Gasteiger partial charge in [-0.3, -0.25) is 9.52 Å². The zero-order valence-corrected chi connectivity index (χ0v) is 14.5. The van der Waals surface area contributed by atoms with Crippen molar-refractivity contribution in [1.82, 2.24) is 18.4 Å². The zero-order chi connectivity index (χ0) is 16.7. The molecule has 1 aromatic heterocycles. The summed E-state index contributed by atoms with van der Waals surface area (Å²) in [6, 6.07) is 7.17. The Labute approximate surface area is 142 Å². The van der Waals surface area contributed by atoms with Gasteiger partial charge in [-0.15, -0.1) is 0 Å². The molecule has 122 valence electrons.